The largest absolute Gasteiger partial charge is 0.329 e. The van der Waals surface area contributed by atoms with Gasteiger partial charge < -0.3 is 11.5 Å². The molecular weight excluding hydrogens is 142 g/mol. The molecule has 1 aromatic heterocycles. The van der Waals surface area contributed by atoms with E-state index in [4.69, 9.17) is 11.5 Å². The molecule has 1 atom stereocenters. The number of rotatable bonds is 3. The van der Waals surface area contributed by atoms with Gasteiger partial charge in [-0.3, -0.25) is 4.68 Å². The summed E-state index contributed by atoms with van der Waals surface area (Å²) in [6.45, 7) is 3.14. The average molecular weight is 155 g/mol. The molecule has 0 aromatic carbocycles. The van der Waals surface area contributed by atoms with E-state index in [0.29, 0.717) is 13.1 Å². The quantitative estimate of drug-likeness (QED) is 0.602. The van der Waals surface area contributed by atoms with E-state index < -0.39 is 0 Å². The summed E-state index contributed by atoms with van der Waals surface area (Å²) < 4.78 is 1.69. The monoisotopic (exact) mass is 155 g/mol. The van der Waals surface area contributed by atoms with Gasteiger partial charge in [0.05, 0.1) is 18.4 Å². The zero-order valence-electron chi connectivity index (χ0n) is 6.57. The third-order valence-corrected chi connectivity index (χ3v) is 1.38. The van der Waals surface area contributed by atoms with Gasteiger partial charge in [0, 0.05) is 12.6 Å². The second-order valence-corrected chi connectivity index (χ2v) is 2.48. The van der Waals surface area contributed by atoms with Crippen LogP contribution in [-0.2, 0) is 6.54 Å². The molecule has 0 spiro atoms. The van der Waals surface area contributed by atoms with Crippen molar-refractivity contribution in [2.45, 2.75) is 19.5 Å². The van der Waals surface area contributed by atoms with Crippen LogP contribution in [0.3, 0.4) is 0 Å². The van der Waals surface area contributed by atoms with Crippen LogP contribution >= 0.6 is 0 Å². The molecule has 0 bridgehead atoms. The number of aromatic nitrogens is 3. The van der Waals surface area contributed by atoms with Crippen molar-refractivity contribution in [1.82, 2.24) is 15.0 Å². The van der Waals surface area contributed by atoms with Crippen LogP contribution in [0.25, 0.3) is 0 Å². The molecule has 0 saturated carbocycles. The number of nitrogens with zero attached hydrogens (tertiary/aromatic N) is 3. The second-order valence-electron chi connectivity index (χ2n) is 2.48. The van der Waals surface area contributed by atoms with Crippen LogP contribution in [0.2, 0.25) is 0 Å². The normalized spacial score (nSPS) is 13.4. The highest BCUT2D eigenvalue weighted by atomic mass is 15.4. The van der Waals surface area contributed by atoms with Crippen LogP contribution in [-0.4, -0.2) is 21.5 Å². The molecule has 0 radical (unpaired) electrons. The number of hydrogen-bond donors (Lipinski definition) is 2. The summed E-state index contributed by atoms with van der Waals surface area (Å²) in [5, 5.41) is 7.70. The van der Waals surface area contributed by atoms with Crippen molar-refractivity contribution in [1.29, 1.82) is 0 Å². The Labute approximate surface area is 65.4 Å². The van der Waals surface area contributed by atoms with E-state index in [0.717, 1.165) is 5.69 Å². The maximum Gasteiger partial charge on any atom is 0.0991 e. The van der Waals surface area contributed by atoms with E-state index in [2.05, 4.69) is 10.3 Å². The summed E-state index contributed by atoms with van der Waals surface area (Å²) in [5.74, 6) is 0. The van der Waals surface area contributed by atoms with Gasteiger partial charge in [-0.15, -0.1) is 5.10 Å². The highest BCUT2D eigenvalue weighted by molar-refractivity contribution is 4.97. The first-order valence-electron chi connectivity index (χ1n) is 3.59. The van der Waals surface area contributed by atoms with Crippen molar-refractivity contribution in [3.8, 4) is 0 Å². The molecular formula is C6H13N5. The fraction of sp³-hybridized carbons (Fsp3) is 0.667. The van der Waals surface area contributed by atoms with Gasteiger partial charge in [-0.25, -0.2) is 0 Å². The molecule has 0 saturated heterocycles. The van der Waals surface area contributed by atoms with Crippen molar-refractivity contribution in [3.63, 3.8) is 0 Å². The predicted octanol–water partition coefficient (Wildman–Crippen LogP) is -0.743. The molecule has 62 valence electrons. The van der Waals surface area contributed by atoms with Gasteiger partial charge >= 0.3 is 0 Å². The molecule has 11 heavy (non-hydrogen) atoms. The molecule has 4 N–H and O–H groups in total. The fourth-order valence-electron chi connectivity index (χ4n) is 0.764. The number of nitrogens with two attached hydrogens (primary N) is 2. The summed E-state index contributed by atoms with van der Waals surface area (Å²) in [7, 11) is 0. The van der Waals surface area contributed by atoms with Crippen molar-refractivity contribution in [2.24, 2.45) is 11.5 Å². The zero-order valence-corrected chi connectivity index (χ0v) is 6.57. The topological polar surface area (TPSA) is 82.8 Å². The van der Waals surface area contributed by atoms with Gasteiger partial charge in [-0.1, -0.05) is 5.21 Å². The molecule has 5 heteroatoms. The minimum Gasteiger partial charge on any atom is -0.329 e. The first-order chi connectivity index (χ1) is 5.24. The van der Waals surface area contributed by atoms with Crippen molar-refractivity contribution >= 4 is 0 Å². The summed E-state index contributed by atoms with van der Waals surface area (Å²) >= 11 is 0. The second kappa shape index (κ2) is 3.45. The third-order valence-electron chi connectivity index (χ3n) is 1.38. The van der Waals surface area contributed by atoms with Crippen molar-refractivity contribution in [3.05, 3.63) is 11.9 Å². The van der Waals surface area contributed by atoms with Crippen molar-refractivity contribution < 1.29 is 0 Å². The summed E-state index contributed by atoms with van der Waals surface area (Å²) in [5.41, 5.74) is 11.7. The Bertz CT molecular complexity index is 217. The Morgan fingerprint density at radius 1 is 1.73 bits per heavy atom. The fourth-order valence-corrected chi connectivity index (χ4v) is 0.764. The van der Waals surface area contributed by atoms with E-state index in [9.17, 15) is 0 Å². The minimum atomic E-state index is -0.0541. The lowest BCUT2D eigenvalue weighted by atomic mass is 10.3. The molecule has 1 aromatic rings. The lowest BCUT2D eigenvalue weighted by Crippen LogP contribution is -2.10. The van der Waals surface area contributed by atoms with Gasteiger partial charge in [-0.2, -0.15) is 0 Å². The van der Waals surface area contributed by atoms with Crippen LogP contribution < -0.4 is 11.5 Å². The summed E-state index contributed by atoms with van der Waals surface area (Å²) in [6.07, 6.45) is 1.82. The molecule has 5 nitrogen and oxygen atoms in total. The van der Waals surface area contributed by atoms with Crippen LogP contribution in [0, 0.1) is 0 Å². The van der Waals surface area contributed by atoms with Crippen LogP contribution in [0.15, 0.2) is 6.20 Å². The van der Waals surface area contributed by atoms with Crippen LogP contribution in [0.5, 0.6) is 0 Å². The SMILES string of the molecule is C[C@H](N)c1cn(CCN)nn1. The third kappa shape index (κ3) is 1.99. The maximum atomic E-state index is 5.58. The van der Waals surface area contributed by atoms with Gasteiger partial charge in [0.25, 0.3) is 0 Å². The summed E-state index contributed by atoms with van der Waals surface area (Å²) in [4.78, 5) is 0. The molecule has 0 amide bonds. The minimum absolute atomic E-state index is 0.0541. The van der Waals surface area contributed by atoms with E-state index in [1.807, 2.05) is 13.1 Å². The Morgan fingerprint density at radius 3 is 2.91 bits per heavy atom. The summed E-state index contributed by atoms with van der Waals surface area (Å²) in [6, 6.07) is -0.0541. The molecule has 0 fully saturated rings. The molecule has 0 aliphatic carbocycles. The van der Waals surface area contributed by atoms with Gasteiger partial charge in [-0.05, 0) is 6.92 Å². The molecule has 0 aliphatic rings. The number of hydrogen-bond acceptors (Lipinski definition) is 4. The molecule has 0 aliphatic heterocycles. The Morgan fingerprint density at radius 2 is 2.45 bits per heavy atom. The lowest BCUT2D eigenvalue weighted by molar-refractivity contribution is 0.598. The molecule has 1 heterocycles. The van der Waals surface area contributed by atoms with E-state index in [-0.39, 0.29) is 6.04 Å². The van der Waals surface area contributed by atoms with E-state index in [1.54, 1.807) is 4.68 Å². The van der Waals surface area contributed by atoms with Crippen LogP contribution in [0.1, 0.15) is 18.7 Å². The first-order valence-corrected chi connectivity index (χ1v) is 3.59. The van der Waals surface area contributed by atoms with Gasteiger partial charge in [0.1, 0.15) is 0 Å². The Balaban J connectivity index is 2.66. The van der Waals surface area contributed by atoms with E-state index in [1.165, 1.54) is 0 Å². The lowest BCUT2D eigenvalue weighted by Gasteiger charge is -1.96. The average Bonchev–Trinajstić information content (AvgIpc) is 2.37. The van der Waals surface area contributed by atoms with Crippen LogP contribution in [0.4, 0.5) is 0 Å². The predicted molar refractivity (Wildman–Crippen MR) is 41.7 cm³/mol. The molecule has 1 rings (SSSR count). The zero-order chi connectivity index (χ0) is 8.27. The maximum absolute atomic E-state index is 5.58. The first kappa shape index (κ1) is 8.16. The van der Waals surface area contributed by atoms with Gasteiger partial charge in [0.15, 0.2) is 0 Å². The van der Waals surface area contributed by atoms with Crippen molar-refractivity contribution in [2.75, 3.05) is 6.54 Å². The molecule has 0 unspecified atom stereocenters. The highest BCUT2D eigenvalue weighted by Crippen LogP contribution is 2.02. The standard InChI is InChI=1S/C6H13N5/c1-5(8)6-4-11(3-2-7)10-9-6/h4-5H,2-3,7-8H2,1H3/t5-/m0/s1. The Hall–Kier alpha value is -0.940. The smallest absolute Gasteiger partial charge is 0.0991 e. The highest BCUT2D eigenvalue weighted by Gasteiger charge is 2.03. The Kier molecular flexibility index (Phi) is 2.56. The van der Waals surface area contributed by atoms with Gasteiger partial charge in [0.2, 0.25) is 0 Å². The van der Waals surface area contributed by atoms with E-state index >= 15 is 0 Å².